The quantitative estimate of drug-likeness (QED) is 0.641. The van der Waals surface area contributed by atoms with Crippen LogP contribution in [0.5, 0.6) is 0 Å². The molecule has 2 N–H and O–H groups in total. The molecule has 0 fully saturated rings. The summed E-state index contributed by atoms with van der Waals surface area (Å²) in [4.78, 5) is 4.45. The molecular formula is C13H10N4. The number of para-hydroxylation sites is 2. The fourth-order valence-corrected chi connectivity index (χ4v) is 1.70. The van der Waals surface area contributed by atoms with Gasteiger partial charge in [-0.25, -0.2) is 4.98 Å². The van der Waals surface area contributed by atoms with E-state index in [1.54, 1.807) is 0 Å². The van der Waals surface area contributed by atoms with Crippen LogP contribution in [0.4, 0.5) is 5.69 Å². The third kappa shape index (κ3) is 1.69. The van der Waals surface area contributed by atoms with Crippen molar-refractivity contribution in [3.05, 3.63) is 48.5 Å². The average molecular weight is 222 g/mol. The van der Waals surface area contributed by atoms with Crippen LogP contribution in [0, 0.1) is 0 Å². The summed E-state index contributed by atoms with van der Waals surface area (Å²) in [5, 5.41) is 8.23. The number of aromatic nitrogens is 3. The molecule has 0 aliphatic carbocycles. The molecule has 0 aliphatic heterocycles. The van der Waals surface area contributed by atoms with E-state index in [2.05, 4.69) is 15.2 Å². The first-order valence-corrected chi connectivity index (χ1v) is 5.29. The van der Waals surface area contributed by atoms with E-state index in [1.165, 1.54) is 0 Å². The SMILES string of the molecule is Nc1ccccc1-c1nnc2ccccc2n1. The van der Waals surface area contributed by atoms with Gasteiger partial charge in [-0.1, -0.05) is 24.3 Å². The number of nitrogen functional groups attached to an aromatic ring is 1. The second-order valence-corrected chi connectivity index (χ2v) is 3.71. The normalized spacial score (nSPS) is 10.6. The number of rotatable bonds is 1. The number of fused-ring (bicyclic) bond motifs is 1. The van der Waals surface area contributed by atoms with Crippen LogP contribution in [0.2, 0.25) is 0 Å². The Hall–Kier alpha value is -2.49. The van der Waals surface area contributed by atoms with Crippen LogP contribution in [-0.2, 0) is 0 Å². The molecule has 1 aromatic heterocycles. The summed E-state index contributed by atoms with van der Waals surface area (Å²) in [6, 6.07) is 15.1. The Morgan fingerprint density at radius 1 is 0.765 bits per heavy atom. The summed E-state index contributed by atoms with van der Waals surface area (Å²) < 4.78 is 0. The van der Waals surface area contributed by atoms with E-state index < -0.39 is 0 Å². The lowest BCUT2D eigenvalue weighted by Gasteiger charge is -2.03. The van der Waals surface area contributed by atoms with Crippen LogP contribution in [0.15, 0.2) is 48.5 Å². The minimum absolute atomic E-state index is 0.557. The fourth-order valence-electron chi connectivity index (χ4n) is 1.70. The molecule has 0 atom stereocenters. The Morgan fingerprint density at radius 2 is 1.47 bits per heavy atom. The van der Waals surface area contributed by atoms with Crippen molar-refractivity contribution in [3.8, 4) is 11.4 Å². The molecule has 0 radical (unpaired) electrons. The summed E-state index contributed by atoms with van der Waals surface area (Å²) in [5.74, 6) is 0.557. The van der Waals surface area contributed by atoms with Crippen molar-refractivity contribution in [3.63, 3.8) is 0 Å². The van der Waals surface area contributed by atoms with Gasteiger partial charge in [0.15, 0.2) is 5.82 Å². The van der Waals surface area contributed by atoms with Crippen molar-refractivity contribution in [1.29, 1.82) is 0 Å². The van der Waals surface area contributed by atoms with Gasteiger partial charge in [0.2, 0.25) is 0 Å². The van der Waals surface area contributed by atoms with Crippen LogP contribution in [0.1, 0.15) is 0 Å². The van der Waals surface area contributed by atoms with Crippen molar-refractivity contribution in [2.75, 3.05) is 5.73 Å². The molecule has 0 amide bonds. The topological polar surface area (TPSA) is 64.7 Å². The van der Waals surface area contributed by atoms with Crippen molar-refractivity contribution in [2.24, 2.45) is 0 Å². The van der Waals surface area contributed by atoms with Gasteiger partial charge in [-0.15, -0.1) is 10.2 Å². The Kier molecular flexibility index (Phi) is 2.19. The van der Waals surface area contributed by atoms with Gasteiger partial charge in [-0.3, -0.25) is 0 Å². The molecule has 82 valence electrons. The smallest absolute Gasteiger partial charge is 0.184 e. The van der Waals surface area contributed by atoms with E-state index in [9.17, 15) is 0 Å². The largest absolute Gasteiger partial charge is 0.398 e. The van der Waals surface area contributed by atoms with Crippen LogP contribution in [0.25, 0.3) is 22.4 Å². The summed E-state index contributed by atoms with van der Waals surface area (Å²) >= 11 is 0. The van der Waals surface area contributed by atoms with Crippen molar-refractivity contribution in [1.82, 2.24) is 15.2 Å². The van der Waals surface area contributed by atoms with Gasteiger partial charge in [-0.05, 0) is 24.3 Å². The highest BCUT2D eigenvalue weighted by molar-refractivity contribution is 5.78. The summed E-state index contributed by atoms with van der Waals surface area (Å²) in [6.45, 7) is 0. The maximum Gasteiger partial charge on any atom is 0.184 e. The third-order valence-corrected chi connectivity index (χ3v) is 2.56. The predicted octanol–water partition coefficient (Wildman–Crippen LogP) is 2.27. The summed E-state index contributed by atoms with van der Waals surface area (Å²) in [5.41, 5.74) is 8.96. The monoisotopic (exact) mass is 222 g/mol. The highest BCUT2D eigenvalue weighted by Gasteiger charge is 2.06. The molecule has 4 nitrogen and oxygen atoms in total. The minimum atomic E-state index is 0.557. The lowest BCUT2D eigenvalue weighted by molar-refractivity contribution is 1.03. The first kappa shape index (κ1) is 9.72. The summed E-state index contributed by atoms with van der Waals surface area (Å²) in [7, 11) is 0. The van der Waals surface area contributed by atoms with E-state index in [-0.39, 0.29) is 0 Å². The van der Waals surface area contributed by atoms with Crippen molar-refractivity contribution >= 4 is 16.7 Å². The highest BCUT2D eigenvalue weighted by Crippen LogP contribution is 2.22. The Bertz CT molecular complexity index is 679. The number of benzene rings is 2. The molecule has 0 spiro atoms. The predicted molar refractivity (Wildman–Crippen MR) is 67.2 cm³/mol. The molecule has 0 saturated heterocycles. The van der Waals surface area contributed by atoms with E-state index in [0.717, 1.165) is 16.6 Å². The number of nitrogens with two attached hydrogens (primary N) is 1. The standard InChI is InChI=1S/C13H10N4/c14-10-6-2-1-5-9(10)13-15-11-7-3-4-8-12(11)16-17-13/h1-8H,14H2. The number of hydrogen-bond donors (Lipinski definition) is 1. The molecule has 17 heavy (non-hydrogen) atoms. The molecule has 0 unspecified atom stereocenters. The first-order chi connectivity index (χ1) is 8.34. The molecule has 0 aliphatic rings. The van der Waals surface area contributed by atoms with Gasteiger partial charge < -0.3 is 5.73 Å². The van der Waals surface area contributed by atoms with E-state index >= 15 is 0 Å². The van der Waals surface area contributed by atoms with Gasteiger partial charge in [0.1, 0.15) is 5.52 Å². The second-order valence-electron chi connectivity index (χ2n) is 3.71. The minimum Gasteiger partial charge on any atom is -0.398 e. The van der Waals surface area contributed by atoms with Gasteiger partial charge in [0.05, 0.1) is 5.52 Å². The Labute approximate surface area is 98.1 Å². The maximum absolute atomic E-state index is 5.89. The van der Waals surface area contributed by atoms with Crippen LogP contribution >= 0.6 is 0 Å². The molecule has 0 bridgehead atoms. The molecular weight excluding hydrogens is 212 g/mol. The van der Waals surface area contributed by atoms with Gasteiger partial charge in [-0.2, -0.15) is 0 Å². The lowest BCUT2D eigenvalue weighted by Crippen LogP contribution is -1.97. The van der Waals surface area contributed by atoms with Crippen molar-refractivity contribution < 1.29 is 0 Å². The zero-order valence-corrected chi connectivity index (χ0v) is 9.04. The summed E-state index contributed by atoms with van der Waals surface area (Å²) in [6.07, 6.45) is 0. The highest BCUT2D eigenvalue weighted by atomic mass is 15.1. The van der Waals surface area contributed by atoms with Gasteiger partial charge in [0, 0.05) is 11.3 Å². The van der Waals surface area contributed by atoms with Crippen LogP contribution < -0.4 is 5.73 Å². The Balaban J connectivity index is 2.22. The zero-order valence-electron chi connectivity index (χ0n) is 9.04. The maximum atomic E-state index is 5.89. The number of hydrogen-bond acceptors (Lipinski definition) is 4. The lowest BCUT2D eigenvalue weighted by atomic mass is 10.1. The molecule has 3 rings (SSSR count). The molecule has 4 heteroatoms. The molecule has 0 saturated carbocycles. The van der Waals surface area contributed by atoms with E-state index in [1.807, 2.05) is 48.5 Å². The van der Waals surface area contributed by atoms with Crippen LogP contribution in [0.3, 0.4) is 0 Å². The number of anilines is 1. The van der Waals surface area contributed by atoms with E-state index in [0.29, 0.717) is 11.5 Å². The van der Waals surface area contributed by atoms with Gasteiger partial charge in [0.25, 0.3) is 0 Å². The third-order valence-electron chi connectivity index (χ3n) is 2.56. The molecule has 1 heterocycles. The van der Waals surface area contributed by atoms with Crippen LogP contribution in [-0.4, -0.2) is 15.2 Å². The fraction of sp³-hybridized carbons (Fsp3) is 0. The zero-order chi connectivity index (χ0) is 11.7. The first-order valence-electron chi connectivity index (χ1n) is 5.29. The average Bonchev–Trinajstić information content (AvgIpc) is 2.39. The second kappa shape index (κ2) is 3.83. The molecule has 3 aromatic rings. The Morgan fingerprint density at radius 3 is 2.29 bits per heavy atom. The van der Waals surface area contributed by atoms with Gasteiger partial charge >= 0.3 is 0 Å². The van der Waals surface area contributed by atoms with Crippen molar-refractivity contribution in [2.45, 2.75) is 0 Å². The molecule has 2 aromatic carbocycles. The van der Waals surface area contributed by atoms with E-state index in [4.69, 9.17) is 5.73 Å². The number of nitrogens with zero attached hydrogens (tertiary/aromatic N) is 3.